The number of hydrogen-bond acceptors (Lipinski definition) is 8. The Bertz CT molecular complexity index is 1040. The van der Waals surface area contributed by atoms with Crippen molar-refractivity contribution in [3.63, 3.8) is 0 Å². The molecular weight excluding hydrogens is 460 g/mol. The summed E-state index contributed by atoms with van der Waals surface area (Å²) in [6.45, 7) is 3.31. The molecule has 11 heteroatoms. The molecule has 10 nitrogen and oxygen atoms in total. The summed E-state index contributed by atoms with van der Waals surface area (Å²) in [5.41, 5.74) is -0.0191. The zero-order valence-corrected chi connectivity index (χ0v) is 20.1. The summed E-state index contributed by atoms with van der Waals surface area (Å²) in [5.74, 6) is -1.80. The number of amides is 3. The van der Waals surface area contributed by atoms with E-state index in [1.807, 2.05) is 30.3 Å². The van der Waals surface area contributed by atoms with E-state index in [0.29, 0.717) is 17.9 Å². The van der Waals surface area contributed by atoms with E-state index < -0.39 is 35.4 Å². The lowest BCUT2D eigenvalue weighted by Gasteiger charge is -2.21. The summed E-state index contributed by atoms with van der Waals surface area (Å²) in [4.78, 5) is 54.8. The van der Waals surface area contributed by atoms with Crippen LogP contribution in [0.1, 0.15) is 27.2 Å². The summed E-state index contributed by atoms with van der Waals surface area (Å²) >= 11 is 1.20. The van der Waals surface area contributed by atoms with E-state index in [0.717, 1.165) is 10.6 Å². The molecule has 34 heavy (non-hydrogen) atoms. The average molecular weight is 489 g/mol. The molecule has 3 amide bonds. The molecule has 0 spiro atoms. The molecule has 3 atom stereocenters. The third-order valence-corrected chi connectivity index (χ3v) is 6.17. The Labute approximate surface area is 201 Å². The third kappa shape index (κ3) is 6.92. The number of nitrogens with one attached hydrogen (secondary N) is 3. The first-order valence-corrected chi connectivity index (χ1v) is 11.5. The van der Waals surface area contributed by atoms with Crippen molar-refractivity contribution in [1.82, 2.24) is 20.9 Å². The van der Waals surface area contributed by atoms with Gasteiger partial charge in [-0.25, -0.2) is 4.98 Å². The van der Waals surface area contributed by atoms with Gasteiger partial charge in [0.05, 0.1) is 37.0 Å². The van der Waals surface area contributed by atoms with Crippen molar-refractivity contribution in [2.45, 2.75) is 38.0 Å². The van der Waals surface area contributed by atoms with Crippen LogP contribution in [0, 0.1) is 6.92 Å². The number of hydrogen-bond donors (Lipinski definition) is 3. The van der Waals surface area contributed by atoms with Crippen molar-refractivity contribution < 1.29 is 28.7 Å². The summed E-state index contributed by atoms with van der Waals surface area (Å²) in [5, 5.41) is 8.50. The molecule has 3 rings (SSSR count). The Morgan fingerprint density at radius 3 is 2.47 bits per heavy atom. The molecule has 1 aromatic heterocycles. The van der Waals surface area contributed by atoms with Crippen LogP contribution in [-0.4, -0.2) is 73.0 Å². The standard InChI is InChI=1S/C23H28N4O6S/c1-14-24-10-18(34-14)22(31)27-17(12-32-3)21(30)25-11-19(28)26-16(20(29)23(2)13-33-23)9-15-7-5-4-6-8-15/h4-8,10,16-17H,9,11-13H2,1-3H3,(H,25,30)(H,26,28)(H,27,31)/t16-,17-,23+/m0/s1. The van der Waals surface area contributed by atoms with Gasteiger partial charge in [0.1, 0.15) is 16.5 Å². The number of methoxy groups -OCH3 is 1. The van der Waals surface area contributed by atoms with Crippen LogP contribution in [0.5, 0.6) is 0 Å². The number of nitrogens with zero attached hydrogens (tertiary/aromatic N) is 1. The van der Waals surface area contributed by atoms with Gasteiger partial charge in [-0.05, 0) is 25.8 Å². The van der Waals surface area contributed by atoms with Gasteiger partial charge in [-0.1, -0.05) is 30.3 Å². The van der Waals surface area contributed by atoms with Gasteiger partial charge in [0.2, 0.25) is 11.8 Å². The highest BCUT2D eigenvalue weighted by molar-refractivity contribution is 7.13. The number of ketones is 1. The molecule has 0 saturated carbocycles. The highest BCUT2D eigenvalue weighted by Gasteiger charge is 2.50. The minimum Gasteiger partial charge on any atom is -0.382 e. The molecule has 2 heterocycles. The van der Waals surface area contributed by atoms with Crippen LogP contribution in [-0.2, 0) is 30.3 Å². The van der Waals surface area contributed by atoms with Crippen molar-refractivity contribution >= 4 is 34.8 Å². The fraction of sp³-hybridized carbons (Fsp3) is 0.435. The fourth-order valence-corrected chi connectivity index (χ4v) is 3.94. The van der Waals surface area contributed by atoms with Crippen LogP contribution >= 0.6 is 11.3 Å². The molecule has 0 bridgehead atoms. The topological polar surface area (TPSA) is 139 Å². The monoisotopic (exact) mass is 488 g/mol. The fourth-order valence-electron chi connectivity index (χ4n) is 3.26. The molecule has 1 aliphatic heterocycles. The Hall–Kier alpha value is -3.15. The maximum absolute atomic E-state index is 12.9. The van der Waals surface area contributed by atoms with Crippen molar-refractivity contribution in [2.24, 2.45) is 0 Å². The molecular formula is C23H28N4O6S. The second-order valence-electron chi connectivity index (χ2n) is 8.14. The molecule has 1 saturated heterocycles. The van der Waals surface area contributed by atoms with Gasteiger partial charge in [-0.15, -0.1) is 11.3 Å². The maximum Gasteiger partial charge on any atom is 0.263 e. The number of benzene rings is 1. The van der Waals surface area contributed by atoms with E-state index in [1.165, 1.54) is 24.6 Å². The SMILES string of the molecule is COC[C@H](NC(=O)c1cnc(C)s1)C(=O)NCC(=O)N[C@@H](Cc1ccccc1)C(=O)[C@@]1(C)CO1. The van der Waals surface area contributed by atoms with Crippen LogP contribution in [0.25, 0.3) is 0 Å². The Morgan fingerprint density at radius 2 is 1.88 bits per heavy atom. The van der Waals surface area contributed by atoms with Crippen LogP contribution in [0.3, 0.4) is 0 Å². The van der Waals surface area contributed by atoms with Crippen molar-refractivity contribution in [3.05, 3.63) is 52.0 Å². The van der Waals surface area contributed by atoms with E-state index in [4.69, 9.17) is 9.47 Å². The number of Topliss-reactive ketones (excluding diaryl/α,β-unsaturated/α-hetero) is 1. The molecule has 1 aliphatic rings. The number of thiazole rings is 1. The first-order valence-electron chi connectivity index (χ1n) is 10.7. The highest BCUT2D eigenvalue weighted by atomic mass is 32.1. The summed E-state index contributed by atoms with van der Waals surface area (Å²) in [6, 6.07) is 7.50. The number of aromatic nitrogens is 1. The second kappa shape index (κ2) is 11.3. The van der Waals surface area contributed by atoms with Gasteiger partial charge < -0.3 is 25.4 Å². The minimum atomic E-state index is -1.01. The average Bonchev–Trinajstić information content (AvgIpc) is 3.42. The van der Waals surface area contributed by atoms with Gasteiger partial charge in [-0.3, -0.25) is 19.2 Å². The lowest BCUT2D eigenvalue weighted by atomic mass is 9.95. The molecule has 0 unspecified atom stereocenters. The quantitative estimate of drug-likeness (QED) is 0.368. The number of aryl methyl sites for hydroxylation is 1. The summed E-state index contributed by atoms with van der Waals surface area (Å²) in [6.07, 6.45) is 1.73. The predicted molar refractivity (Wildman–Crippen MR) is 124 cm³/mol. The van der Waals surface area contributed by atoms with Gasteiger partial charge in [0.15, 0.2) is 5.78 Å². The van der Waals surface area contributed by atoms with Gasteiger partial charge in [-0.2, -0.15) is 0 Å². The van der Waals surface area contributed by atoms with Crippen molar-refractivity contribution in [2.75, 3.05) is 26.9 Å². The number of ether oxygens (including phenoxy) is 2. The lowest BCUT2D eigenvalue weighted by Crippen LogP contribution is -2.53. The minimum absolute atomic E-state index is 0.0816. The second-order valence-corrected chi connectivity index (χ2v) is 9.37. The number of rotatable bonds is 12. The highest BCUT2D eigenvalue weighted by Crippen LogP contribution is 2.29. The molecule has 3 N–H and O–H groups in total. The maximum atomic E-state index is 12.9. The van der Waals surface area contributed by atoms with Crippen molar-refractivity contribution in [3.8, 4) is 0 Å². The van der Waals surface area contributed by atoms with E-state index in [1.54, 1.807) is 13.8 Å². The largest absolute Gasteiger partial charge is 0.382 e. The normalized spacial score (nSPS) is 18.4. The Morgan fingerprint density at radius 1 is 1.18 bits per heavy atom. The van der Waals surface area contributed by atoms with E-state index in [2.05, 4.69) is 20.9 Å². The molecule has 182 valence electrons. The van der Waals surface area contributed by atoms with E-state index >= 15 is 0 Å². The summed E-state index contributed by atoms with van der Waals surface area (Å²) in [7, 11) is 1.40. The van der Waals surface area contributed by atoms with Crippen molar-refractivity contribution in [1.29, 1.82) is 0 Å². The Kier molecular flexibility index (Phi) is 8.48. The summed E-state index contributed by atoms with van der Waals surface area (Å²) < 4.78 is 10.3. The third-order valence-electron chi connectivity index (χ3n) is 5.26. The number of carbonyl (C=O) groups is 4. The van der Waals surface area contributed by atoms with Crippen LogP contribution in [0.2, 0.25) is 0 Å². The molecule has 1 fully saturated rings. The first-order chi connectivity index (χ1) is 16.2. The van der Waals surface area contributed by atoms with Gasteiger partial charge >= 0.3 is 0 Å². The zero-order valence-electron chi connectivity index (χ0n) is 19.3. The van der Waals surface area contributed by atoms with Crippen LogP contribution in [0.4, 0.5) is 0 Å². The number of epoxide rings is 1. The zero-order chi connectivity index (χ0) is 24.7. The molecule has 0 radical (unpaired) electrons. The van der Waals surface area contributed by atoms with E-state index in [-0.39, 0.29) is 18.9 Å². The molecule has 2 aromatic rings. The first kappa shape index (κ1) is 25.5. The predicted octanol–water partition coefficient (Wildman–Crippen LogP) is 0.398. The molecule has 0 aliphatic carbocycles. The van der Waals surface area contributed by atoms with E-state index in [9.17, 15) is 19.2 Å². The lowest BCUT2D eigenvalue weighted by molar-refractivity contribution is -0.131. The van der Waals surface area contributed by atoms with Crippen LogP contribution < -0.4 is 16.0 Å². The van der Waals surface area contributed by atoms with Gasteiger partial charge in [0.25, 0.3) is 5.91 Å². The Balaban J connectivity index is 1.57. The van der Waals surface area contributed by atoms with Gasteiger partial charge in [0, 0.05) is 7.11 Å². The molecule has 1 aromatic carbocycles. The number of carbonyl (C=O) groups excluding carboxylic acids is 4. The van der Waals surface area contributed by atoms with Crippen LogP contribution in [0.15, 0.2) is 36.5 Å². The smallest absolute Gasteiger partial charge is 0.263 e.